The Morgan fingerprint density at radius 2 is 1.93 bits per heavy atom. The van der Waals surface area contributed by atoms with Gasteiger partial charge in [-0.3, -0.25) is 9.55 Å². The minimum Gasteiger partial charge on any atom is -0.316 e. The minimum absolute atomic E-state index is 0.704. The highest BCUT2D eigenvalue weighted by molar-refractivity contribution is 7.71. The number of aromatic nitrogens is 4. The second-order valence-corrected chi connectivity index (χ2v) is 8.06. The standard InChI is InChI=1S/C20H22ClN5S/c1-15-3-2-12-24(13-15)14-25-20(27)26(18-6-4-17(21)5-7-18)19(23-25)16-8-10-22-11-9-16/h4-11,15H,2-3,12-14H2,1H3/p+1/t15-/m0/s1. The van der Waals surface area contributed by atoms with Crippen LogP contribution >= 0.6 is 23.8 Å². The van der Waals surface area contributed by atoms with Gasteiger partial charge in [-0.05, 0) is 61.5 Å². The number of piperidine rings is 1. The van der Waals surface area contributed by atoms with E-state index < -0.39 is 0 Å². The van der Waals surface area contributed by atoms with Crippen molar-refractivity contribution in [1.82, 2.24) is 19.3 Å². The fourth-order valence-corrected chi connectivity index (χ4v) is 4.20. The largest absolute Gasteiger partial charge is 0.316 e. The van der Waals surface area contributed by atoms with Gasteiger partial charge in [0.2, 0.25) is 4.77 Å². The number of nitrogens with one attached hydrogen (secondary N) is 1. The van der Waals surface area contributed by atoms with Gasteiger partial charge in [-0.2, -0.15) is 4.68 Å². The molecule has 1 unspecified atom stereocenters. The molecule has 5 nitrogen and oxygen atoms in total. The molecule has 0 amide bonds. The third-order valence-electron chi connectivity index (χ3n) is 5.10. The molecular formula is C20H23ClN5S+. The number of hydrogen-bond donors (Lipinski definition) is 1. The first-order valence-electron chi connectivity index (χ1n) is 9.31. The number of likely N-dealkylation sites (tertiary alicyclic amines) is 1. The summed E-state index contributed by atoms with van der Waals surface area (Å²) in [5.74, 6) is 1.58. The van der Waals surface area contributed by atoms with E-state index in [2.05, 4.69) is 11.9 Å². The summed E-state index contributed by atoms with van der Waals surface area (Å²) in [6, 6.07) is 11.6. The van der Waals surface area contributed by atoms with E-state index in [0.29, 0.717) is 9.79 Å². The van der Waals surface area contributed by atoms with Crippen molar-refractivity contribution < 1.29 is 4.90 Å². The summed E-state index contributed by atoms with van der Waals surface area (Å²) < 4.78 is 4.69. The van der Waals surface area contributed by atoms with Crippen LogP contribution in [-0.2, 0) is 6.67 Å². The Bertz CT molecular complexity index is 964. The maximum atomic E-state index is 6.08. The average molecular weight is 401 g/mol. The molecule has 0 aliphatic carbocycles. The van der Waals surface area contributed by atoms with E-state index in [4.69, 9.17) is 28.9 Å². The Balaban J connectivity index is 1.77. The minimum atomic E-state index is 0.704. The third-order valence-corrected chi connectivity index (χ3v) is 5.75. The van der Waals surface area contributed by atoms with Crippen LogP contribution in [0, 0.1) is 10.7 Å². The molecule has 1 aliphatic rings. The number of pyridine rings is 1. The summed E-state index contributed by atoms with van der Waals surface area (Å²) in [7, 11) is 0. The number of nitrogens with zero attached hydrogens (tertiary/aromatic N) is 4. The molecule has 0 radical (unpaired) electrons. The van der Waals surface area contributed by atoms with Gasteiger partial charge in [-0.25, -0.2) is 0 Å². The molecule has 3 heterocycles. The highest BCUT2D eigenvalue weighted by Gasteiger charge is 2.22. The summed E-state index contributed by atoms with van der Waals surface area (Å²) >= 11 is 11.9. The predicted octanol–water partition coefficient (Wildman–Crippen LogP) is 3.39. The zero-order valence-electron chi connectivity index (χ0n) is 15.3. The van der Waals surface area contributed by atoms with E-state index in [0.717, 1.165) is 29.7 Å². The Hall–Kier alpha value is -2.02. The Labute approximate surface area is 169 Å². The smallest absolute Gasteiger partial charge is 0.207 e. The monoisotopic (exact) mass is 400 g/mol. The van der Waals surface area contributed by atoms with Gasteiger partial charge in [0, 0.05) is 28.9 Å². The predicted molar refractivity (Wildman–Crippen MR) is 110 cm³/mol. The van der Waals surface area contributed by atoms with Crippen molar-refractivity contribution in [3.8, 4) is 17.1 Å². The first-order valence-corrected chi connectivity index (χ1v) is 10.1. The van der Waals surface area contributed by atoms with Crippen LogP contribution in [0.4, 0.5) is 0 Å². The van der Waals surface area contributed by atoms with E-state index in [9.17, 15) is 0 Å². The molecule has 1 fully saturated rings. The van der Waals surface area contributed by atoms with Crippen molar-refractivity contribution in [1.29, 1.82) is 0 Å². The van der Waals surface area contributed by atoms with Gasteiger partial charge in [0.1, 0.15) is 0 Å². The van der Waals surface area contributed by atoms with Gasteiger partial charge in [-0.15, -0.1) is 5.10 Å². The molecule has 1 aromatic carbocycles. The lowest BCUT2D eigenvalue weighted by Crippen LogP contribution is -3.12. The van der Waals surface area contributed by atoms with Crippen molar-refractivity contribution in [2.45, 2.75) is 26.4 Å². The lowest BCUT2D eigenvalue weighted by Gasteiger charge is -2.27. The molecule has 1 N–H and O–H groups in total. The van der Waals surface area contributed by atoms with Crippen LogP contribution < -0.4 is 4.90 Å². The van der Waals surface area contributed by atoms with E-state index in [1.807, 2.05) is 45.6 Å². The SMILES string of the molecule is C[C@H]1CCC[NH+](Cn2nc(-c3ccncc3)n(-c3ccc(Cl)cc3)c2=S)C1. The zero-order chi connectivity index (χ0) is 18.8. The van der Waals surface area contributed by atoms with Gasteiger partial charge in [0.15, 0.2) is 12.5 Å². The van der Waals surface area contributed by atoms with Crippen LogP contribution in [0.2, 0.25) is 5.02 Å². The van der Waals surface area contributed by atoms with Crippen molar-refractivity contribution in [3.05, 3.63) is 58.6 Å². The Morgan fingerprint density at radius 3 is 2.63 bits per heavy atom. The van der Waals surface area contributed by atoms with Crippen LogP contribution in [0.15, 0.2) is 48.8 Å². The van der Waals surface area contributed by atoms with Gasteiger partial charge >= 0.3 is 0 Å². The molecule has 7 heteroatoms. The van der Waals surface area contributed by atoms with E-state index in [-0.39, 0.29) is 0 Å². The fourth-order valence-electron chi connectivity index (χ4n) is 3.77. The lowest BCUT2D eigenvalue weighted by molar-refractivity contribution is -0.931. The fraction of sp³-hybridized carbons (Fsp3) is 0.350. The number of hydrogen-bond acceptors (Lipinski definition) is 3. The van der Waals surface area contributed by atoms with Gasteiger partial charge in [0.25, 0.3) is 0 Å². The van der Waals surface area contributed by atoms with Crippen LogP contribution in [0.5, 0.6) is 0 Å². The summed E-state index contributed by atoms with van der Waals surface area (Å²) in [5, 5.41) is 5.60. The number of rotatable bonds is 4. The third kappa shape index (κ3) is 3.98. The van der Waals surface area contributed by atoms with Crippen molar-refractivity contribution in [2.24, 2.45) is 5.92 Å². The summed E-state index contributed by atoms with van der Waals surface area (Å²) in [6.07, 6.45) is 6.14. The Morgan fingerprint density at radius 1 is 1.19 bits per heavy atom. The molecule has 1 saturated heterocycles. The maximum Gasteiger partial charge on any atom is 0.207 e. The van der Waals surface area contributed by atoms with Crippen LogP contribution in [0.1, 0.15) is 19.8 Å². The number of benzene rings is 1. The normalized spacial score (nSPS) is 19.9. The van der Waals surface area contributed by atoms with Crippen molar-refractivity contribution in [2.75, 3.05) is 13.1 Å². The average Bonchev–Trinajstić information content (AvgIpc) is 3.00. The molecule has 0 spiro atoms. The lowest BCUT2D eigenvalue weighted by atomic mass is 10.0. The second kappa shape index (κ2) is 7.92. The van der Waals surface area contributed by atoms with Crippen molar-refractivity contribution >= 4 is 23.8 Å². The quantitative estimate of drug-likeness (QED) is 0.682. The summed E-state index contributed by atoms with van der Waals surface area (Å²) in [4.78, 5) is 5.66. The Kier molecular flexibility index (Phi) is 5.38. The summed E-state index contributed by atoms with van der Waals surface area (Å²) in [6.45, 7) is 5.46. The highest BCUT2D eigenvalue weighted by atomic mass is 35.5. The molecule has 4 rings (SSSR count). The molecule has 140 valence electrons. The van der Waals surface area contributed by atoms with Crippen molar-refractivity contribution in [3.63, 3.8) is 0 Å². The van der Waals surface area contributed by atoms with Crippen LogP contribution in [0.3, 0.4) is 0 Å². The van der Waals surface area contributed by atoms with Crippen LogP contribution in [-0.4, -0.2) is 32.4 Å². The maximum absolute atomic E-state index is 6.08. The van der Waals surface area contributed by atoms with Gasteiger partial charge in [-0.1, -0.05) is 18.5 Å². The molecule has 2 aromatic heterocycles. The molecule has 0 bridgehead atoms. The van der Waals surface area contributed by atoms with Gasteiger partial charge < -0.3 is 4.90 Å². The highest BCUT2D eigenvalue weighted by Crippen LogP contribution is 2.23. The molecule has 2 atom stereocenters. The molecular weight excluding hydrogens is 378 g/mol. The van der Waals surface area contributed by atoms with E-state index >= 15 is 0 Å². The number of halogens is 1. The zero-order valence-corrected chi connectivity index (χ0v) is 16.9. The van der Waals surface area contributed by atoms with E-state index in [1.54, 1.807) is 12.4 Å². The summed E-state index contributed by atoms with van der Waals surface area (Å²) in [5.41, 5.74) is 1.95. The molecule has 0 saturated carbocycles. The topological polar surface area (TPSA) is 40.1 Å². The van der Waals surface area contributed by atoms with Crippen LogP contribution in [0.25, 0.3) is 17.1 Å². The van der Waals surface area contributed by atoms with E-state index in [1.165, 1.54) is 30.8 Å². The first-order chi connectivity index (χ1) is 13.1. The molecule has 27 heavy (non-hydrogen) atoms. The number of quaternary nitrogens is 1. The first kappa shape index (κ1) is 18.3. The second-order valence-electron chi connectivity index (χ2n) is 7.26. The van der Waals surface area contributed by atoms with Gasteiger partial charge in [0.05, 0.1) is 18.8 Å². The molecule has 1 aliphatic heterocycles. The molecule has 3 aromatic rings.